The first-order valence-corrected chi connectivity index (χ1v) is 11.0. The van der Waals surface area contributed by atoms with Gasteiger partial charge in [-0.1, -0.05) is 38.1 Å². The van der Waals surface area contributed by atoms with Gasteiger partial charge in [-0.15, -0.1) is 11.3 Å². The zero-order chi connectivity index (χ0) is 24.2. The first-order chi connectivity index (χ1) is 15.6. The Labute approximate surface area is 194 Å². The van der Waals surface area contributed by atoms with Gasteiger partial charge in [0, 0.05) is 12.7 Å². The topological polar surface area (TPSA) is 48.4 Å². The molecular weight excluding hydrogens is 451 g/mol. The number of hydrogen-bond donors (Lipinski definition) is 0. The van der Waals surface area contributed by atoms with Crippen LogP contribution >= 0.6 is 11.3 Å². The average Bonchev–Trinajstić information content (AvgIpc) is 3.22. The second-order valence-corrected chi connectivity index (χ2v) is 8.74. The Hall–Kier alpha value is -2.97. The third-order valence-electron chi connectivity index (χ3n) is 4.84. The lowest BCUT2D eigenvalue weighted by Crippen LogP contribution is -2.03. The summed E-state index contributed by atoms with van der Waals surface area (Å²) >= 11 is 1.19. The Balaban J connectivity index is 1.84. The zero-order valence-electron chi connectivity index (χ0n) is 18.7. The Morgan fingerprint density at radius 2 is 1.85 bits per heavy atom. The van der Waals surface area contributed by atoms with E-state index in [4.69, 9.17) is 9.47 Å². The van der Waals surface area contributed by atoms with Gasteiger partial charge < -0.3 is 9.47 Å². The van der Waals surface area contributed by atoms with E-state index >= 15 is 0 Å². The van der Waals surface area contributed by atoms with Gasteiger partial charge in [-0.2, -0.15) is 13.2 Å². The predicted octanol–water partition coefficient (Wildman–Crippen LogP) is 7.14. The number of thiazole rings is 1. The molecule has 2 aromatic carbocycles. The van der Waals surface area contributed by atoms with Crippen LogP contribution < -0.4 is 4.74 Å². The molecule has 0 atom stereocenters. The highest BCUT2D eigenvalue weighted by Gasteiger charge is 2.30. The summed E-state index contributed by atoms with van der Waals surface area (Å²) in [6.07, 6.45) is -1.19. The second-order valence-electron chi connectivity index (χ2n) is 7.74. The SMILES string of the molecule is COCOc1ccc(C=CC(=O)c2sc(-c3ccc(C(F)(F)F)cc3)nc2C(C)C)cc1C. The van der Waals surface area contributed by atoms with Gasteiger partial charge in [-0.3, -0.25) is 4.79 Å². The maximum atomic E-state index is 13.0. The fourth-order valence-corrected chi connectivity index (χ4v) is 4.28. The summed E-state index contributed by atoms with van der Waals surface area (Å²) in [5, 5.41) is 0.514. The minimum Gasteiger partial charge on any atom is -0.467 e. The van der Waals surface area contributed by atoms with Crippen molar-refractivity contribution in [2.75, 3.05) is 13.9 Å². The number of aromatic nitrogens is 1. The zero-order valence-corrected chi connectivity index (χ0v) is 19.5. The van der Waals surface area contributed by atoms with E-state index in [0.29, 0.717) is 26.9 Å². The molecule has 3 aromatic rings. The molecule has 4 nitrogen and oxygen atoms in total. The number of allylic oxidation sites excluding steroid dienone is 1. The van der Waals surface area contributed by atoms with E-state index in [-0.39, 0.29) is 18.5 Å². The van der Waals surface area contributed by atoms with Gasteiger partial charge in [-0.25, -0.2) is 4.98 Å². The molecule has 0 aliphatic heterocycles. The van der Waals surface area contributed by atoms with Crippen molar-refractivity contribution in [3.05, 3.63) is 75.8 Å². The quantitative estimate of drug-likeness (QED) is 0.197. The molecule has 33 heavy (non-hydrogen) atoms. The van der Waals surface area contributed by atoms with E-state index in [0.717, 1.165) is 23.3 Å². The smallest absolute Gasteiger partial charge is 0.416 e. The number of benzene rings is 2. The molecule has 0 bridgehead atoms. The maximum absolute atomic E-state index is 13.0. The monoisotopic (exact) mass is 475 g/mol. The van der Waals surface area contributed by atoms with Crippen molar-refractivity contribution in [2.24, 2.45) is 0 Å². The summed E-state index contributed by atoms with van der Waals surface area (Å²) in [5.41, 5.74) is 2.19. The highest BCUT2D eigenvalue weighted by atomic mass is 32.1. The number of methoxy groups -OCH3 is 1. The van der Waals surface area contributed by atoms with Crippen molar-refractivity contribution >= 4 is 23.2 Å². The van der Waals surface area contributed by atoms with E-state index in [1.807, 2.05) is 39.0 Å². The third kappa shape index (κ3) is 6.09. The number of ether oxygens (including phenoxy) is 2. The molecule has 8 heteroatoms. The lowest BCUT2D eigenvalue weighted by molar-refractivity contribution is -0.137. The molecule has 0 N–H and O–H groups in total. The largest absolute Gasteiger partial charge is 0.467 e. The van der Waals surface area contributed by atoms with Gasteiger partial charge in [0.1, 0.15) is 10.8 Å². The summed E-state index contributed by atoms with van der Waals surface area (Å²) in [5.74, 6) is 0.481. The first-order valence-electron chi connectivity index (χ1n) is 10.2. The number of alkyl halides is 3. The Kier molecular flexibility index (Phi) is 7.71. The van der Waals surface area contributed by atoms with Crippen LogP contribution in [0.2, 0.25) is 0 Å². The van der Waals surface area contributed by atoms with Crippen LogP contribution in [0.4, 0.5) is 13.2 Å². The molecule has 0 saturated carbocycles. The molecular formula is C25H24F3NO3S. The summed E-state index contributed by atoms with van der Waals surface area (Å²) < 4.78 is 48.9. The van der Waals surface area contributed by atoms with Crippen molar-refractivity contribution in [3.8, 4) is 16.3 Å². The number of carbonyl (C=O) groups is 1. The predicted molar refractivity (Wildman–Crippen MR) is 124 cm³/mol. The van der Waals surface area contributed by atoms with Gasteiger partial charge in [0.15, 0.2) is 12.6 Å². The molecule has 0 spiro atoms. The van der Waals surface area contributed by atoms with Gasteiger partial charge in [0.05, 0.1) is 16.1 Å². The van der Waals surface area contributed by atoms with E-state index in [2.05, 4.69) is 4.98 Å². The van der Waals surface area contributed by atoms with Crippen LogP contribution in [0.25, 0.3) is 16.6 Å². The molecule has 0 radical (unpaired) electrons. The molecule has 0 fully saturated rings. The summed E-state index contributed by atoms with van der Waals surface area (Å²) in [4.78, 5) is 18.0. The van der Waals surface area contributed by atoms with Gasteiger partial charge in [0.25, 0.3) is 0 Å². The molecule has 3 rings (SSSR count). The lowest BCUT2D eigenvalue weighted by Gasteiger charge is -2.08. The highest BCUT2D eigenvalue weighted by molar-refractivity contribution is 7.17. The average molecular weight is 476 g/mol. The van der Waals surface area contributed by atoms with Crippen LogP contribution in [-0.2, 0) is 10.9 Å². The number of halogens is 3. The van der Waals surface area contributed by atoms with E-state index in [1.165, 1.54) is 29.5 Å². The second kappa shape index (κ2) is 10.3. The number of hydrogen-bond acceptors (Lipinski definition) is 5. The van der Waals surface area contributed by atoms with Gasteiger partial charge in [0.2, 0.25) is 0 Å². The Bertz CT molecular complexity index is 1150. The molecule has 1 heterocycles. The maximum Gasteiger partial charge on any atom is 0.416 e. The van der Waals surface area contributed by atoms with Gasteiger partial charge >= 0.3 is 6.18 Å². The third-order valence-corrected chi connectivity index (χ3v) is 5.98. The minimum absolute atomic E-state index is 0.0174. The van der Waals surface area contributed by atoms with Crippen LogP contribution in [0, 0.1) is 6.92 Å². The standard InChI is InChI=1S/C25H24F3NO3S/c1-15(2)22-23(33-24(29-22)18-7-9-19(10-8-18)25(26,27)28)20(30)11-5-17-6-12-21(16(3)13-17)32-14-31-4/h5-13,15H,14H2,1-4H3. The minimum atomic E-state index is -4.40. The van der Waals surface area contributed by atoms with Crippen LogP contribution in [0.5, 0.6) is 5.75 Å². The van der Waals surface area contributed by atoms with Crippen LogP contribution in [0.15, 0.2) is 48.5 Å². The van der Waals surface area contributed by atoms with Crippen LogP contribution in [0.3, 0.4) is 0 Å². The van der Waals surface area contributed by atoms with E-state index in [9.17, 15) is 18.0 Å². The lowest BCUT2D eigenvalue weighted by atomic mass is 10.1. The number of carbonyl (C=O) groups excluding carboxylic acids is 1. The van der Waals surface area contributed by atoms with Crippen molar-refractivity contribution in [3.63, 3.8) is 0 Å². The Morgan fingerprint density at radius 3 is 2.42 bits per heavy atom. The summed E-state index contributed by atoms with van der Waals surface area (Å²) in [6.45, 7) is 5.90. The molecule has 174 valence electrons. The molecule has 0 aliphatic rings. The molecule has 0 aliphatic carbocycles. The van der Waals surface area contributed by atoms with Crippen molar-refractivity contribution in [1.29, 1.82) is 0 Å². The molecule has 0 amide bonds. The van der Waals surface area contributed by atoms with E-state index < -0.39 is 11.7 Å². The van der Waals surface area contributed by atoms with Crippen molar-refractivity contribution < 1.29 is 27.4 Å². The van der Waals surface area contributed by atoms with E-state index in [1.54, 1.807) is 13.2 Å². The fraction of sp³-hybridized carbons (Fsp3) is 0.280. The molecule has 0 saturated heterocycles. The summed E-state index contributed by atoms with van der Waals surface area (Å²) in [7, 11) is 1.55. The number of ketones is 1. The normalized spacial score (nSPS) is 12.0. The molecule has 1 aromatic heterocycles. The highest BCUT2D eigenvalue weighted by Crippen LogP contribution is 2.35. The van der Waals surface area contributed by atoms with Crippen molar-refractivity contribution in [1.82, 2.24) is 4.98 Å². The number of rotatable bonds is 8. The van der Waals surface area contributed by atoms with Crippen molar-refractivity contribution in [2.45, 2.75) is 32.9 Å². The van der Waals surface area contributed by atoms with Gasteiger partial charge in [-0.05, 0) is 54.3 Å². The number of aryl methyl sites for hydroxylation is 1. The fourth-order valence-electron chi connectivity index (χ4n) is 3.13. The molecule has 0 unspecified atom stereocenters. The van der Waals surface area contributed by atoms with Crippen LogP contribution in [-0.4, -0.2) is 24.7 Å². The summed E-state index contributed by atoms with van der Waals surface area (Å²) in [6, 6.07) is 10.4. The number of nitrogens with zero attached hydrogens (tertiary/aromatic N) is 1. The Morgan fingerprint density at radius 1 is 1.15 bits per heavy atom. The van der Waals surface area contributed by atoms with Crippen LogP contribution in [0.1, 0.15) is 51.8 Å². The first kappa shape index (κ1) is 24.7.